The van der Waals surface area contributed by atoms with Crippen molar-refractivity contribution in [1.29, 1.82) is 0 Å². The SMILES string of the molecule is CCOC(=O)c1c(NC(=S)N2CCN(C(=O)c3sc4cc(Cl)ccc4c3Cl)CC2)sc2c1CCCC2. The number of aryl methyl sites for hydroxylation is 1. The van der Waals surface area contributed by atoms with Gasteiger partial charge in [0.05, 0.1) is 17.2 Å². The number of hydrogen-bond acceptors (Lipinski definition) is 6. The average molecular weight is 583 g/mol. The lowest BCUT2D eigenvalue weighted by atomic mass is 9.95. The van der Waals surface area contributed by atoms with Gasteiger partial charge in [0.2, 0.25) is 0 Å². The highest BCUT2D eigenvalue weighted by atomic mass is 35.5. The van der Waals surface area contributed by atoms with Gasteiger partial charge in [0, 0.05) is 46.2 Å². The summed E-state index contributed by atoms with van der Waals surface area (Å²) in [5, 5.41) is 6.58. The number of thiocarbonyl (C=S) groups is 1. The van der Waals surface area contributed by atoms with Gasteiger partial charge in [-0.15, -0.1) is 22.7 Å². The van der Waals surface area contributed by atoms with Gasteiger partial charge in [0.1, 0.15) is 9.88 Å². The van der Waals surface area contributed by atoms with E-state index in [1.54, 1.807) is 17.4 Å². The van der Waals surface area contributed by atoms with Gasteiger partial charge >= 0.3 is 5.97 Å². The van der Waals surface area contributed by atoms with E-state index in [-0.39, 0.29) is 11.9 Å². The summed E-state index contributed by atoms with van der Waals surface area (Å²) in [5.74, 6) is -0.370. The molecular weight excluding hydrogens is 557 g/mol. The molecule has 5 rings (SSSR count). The molecule has 1 amide bonds. The molecule has 1 fully saturated rings. The first-order valence-electron chi connectivity index (χ1n) is 11.9. The van der Waals surface area contributed by atoms with Crippen molar-refractivity contribution < 1.29 is 14.3 Å². The Bertz CT molecular complexity index is 1350. The molecule has 1 aromatic carbocycles. The Morgan fingerprint density at radius 3 is 2.56 bits per heavy atom. The van der Waals surface area contributed by atoms with E-state index in [4.69, 9.17) is 40.2 Å². The van der Waals surface area contributed by atoms with Crippen molar-refractivity contribution in [2.75, 3.05) is 38.1 Å². The molecule has 1 aliphatic heterocycles. The number of nitrogens with one attached hydrogen (secondary N) is 1. The minimum Gasteiger partial charge on any atom is -0.462 e. The molecule has 2 aliphatic rings. The molecular formula is C25H25Cl2N3O3S3. The number of hydrogen-bond donors (Lipinski definition) is 1. The van der Waals surface area contributed by atoms with Crippen LogP contribution >= 0.6 is 58.1 Å². The number of anilines is 1. The van der Waals surface area contributed by atoms with Gasteiger partial charge in [0.25, 0.3) is 5.91 Å². The molecule has 3 aromatic rings. The molecule has 36 heavy (non-hydrogen) atoms. The molecule has 1 N–H and O–H groups in total. The maximum Gasteiger partial charge on any atom is 0.341 e. The first-order valence-corrected chi connectivity index (χ1v) is 14.7. The first kappa shape index (κ1) is 25.7. The number of ether oxygens (including phenoxy) is 1. The average Bonchev–Trinajstić information content (AvgIpc) is 3.40. The number of carbonyl (C=O) groups excluding carboxylic acids is 2. The quantitative estimate of drug-likeness (QED) is 0.281. The largest absolute Gasteiger partial charge is 0.462 e. The first-order chi connectivity index (χ1) is 17.4. The zero-order valence-corrected chi connectivity index (χ0v) is 23.7. The monoisotopic (exact) mass is 581 g/mol. The second-order valence-electron chi connectivity index (χ2n) is 8.73. The second kappa shape index (κ2) is 10.8. The molecule has 0 radical (unpaired) electrons. The summed E-state index contributed by atoms with van der Waals surface area (Å²) in [6.07, 6.45) is 4.08. The third-order valence-corrected chi connectivity index (χ3v) is 9.96. The van der Waals surface area contributed by atoms with Crippen LogP contribution < -0.4 is 5.32 Å². The normalized spacial score (nSPS) is 15.6. The van der Waals surface area contributed by atoms with Crippen molar-refractivity contribution >= 4 is 90.2 Å². The van der Waals surface area contributed by atoms with E-state index in [1.807, 2.05) is 28.9 Å². The number of halogens is 2. The van der Waals surface area contributed by atoms with Gasteiger partial charge in [0.15, 0.2) is 5.11 Å². The lowest BCUT2D eigenvalue weighted by Gasteiger charge is -2.36. The summed E-state index contributed by atoms with van der Waals surface area (Å²) in [6.45, 7) is 4.38. The number of amides is 1. The number of fused-ring (bicyclic) bond motifs is 2. The molecule has 6 nitrogen and oxygen atoms in total. The second-order valence-corrected chi connectivity index (χ2v) is 12.1. The Morgan fingerprint density at radius 2 is 1.81 bits per heavy atom. The zero-order chi connectivity index (χ0) is 25.4. The maximum absolute atomic E-state index is 13.2. The Kier molecular flexibility index (Phi) is 7.74. The van der Waals surface area contributed by atoms with Crippen LogP contribution in [0.25, 0.3) is 10.1 Å². The van der Waals surface area contributed by atoms with Crippen LogP contribution in [0, 0.1) is 0 Å². The third-order valence-electron chi connectivity index (χ3n) is 6.51. The fraction of sp³-hybridized carbons (Fsp3) is 0.400. The van der Waals surface area contributed by atoms with Crippen LogP contribution in [0.5, 0.6) is 0 Å². The predicted octanol–water partition coefficient (Wildman–Crippen LogP) is 6.48. The molecule has 0 spiro atoms. The summed E-state index contributed by atoms with van der Waals surface area (Å²) in [5.41, 5.74) is 1.74. The van der Waals surface area contributed by atoms with Crippen LogP contribution in [0.4, 0.5) is 5.00 Å². The van der Waals surface area contributed by atoms with Gasteiger partial charge in [-0.2, -0.15) is 0 Å². The van der Waals surface area contributed by atoms with Gasteiger partial charge in [-0.05, 0) is 62.5 Å². The van der Waals surface area contributed by atoms with Gasteiger partial charge < -0.3 is 19.9 Å². The maximum atomic E-state index is 13.2. The van der Waals surface area contributed by atoms with E-state index in [9.17, 15) is 9.59 Å². The Labute approximate surface area is 233 Å². The van der Waals surface area contributed by atoms with Crippen molar-refractivity contribution in [1.82, 2.24) is 9.80 Å². The van der Waals surface area contributed by atoms with Gasteiger partial charge in [-0.25, -0.2) is 4.79 Å². The molecule has 11 heteroatoms. The minimum atomic E-state index is -0.292. The molecule has 0 atom stereocenters. The summed E-state index contributed by atoms with van der Waals surface area (Å²) in [6, 6.07) is 5.46. The lowest BCUT2D eigenvalue weighted by molar-refractivity contribution is 0.0526. The van der Waals surface area contributed by atoms with Gasteiger partial charge in [-0.3, -0.25) is 4.79 Å². The highest BCUT2D eigenvalue weighted by molar-refractivity contribution is 7.80. The molecule has 190 valence electrons. The Hall–Kier alpha value is -1.91. The predicted molar refractivity (Wildman–Crippen MR) is 152 cm³/mol. The van der Waals surface area contributed by atoms with Crippen molar-refractivity contribution in [3.63, 3.8) is 0 Å². The summed E-state index contributed by atoms with van der Waals surface area (Å²) >= 11 is 21.3. The van der Waals surface area contributed by atoms with Gasteiger partial charge in [-0.1, -0.05) is 29.3 Å². The highest BCUT2D eigenvalue weighted by Gasteiger charge is 2.30. The van der Waals surface area contributed by atoms with Crippen molar-refractivity contribution in [2.24, 2.45) is 0 Å². The molecule has 2 aromatic heterocycles. The molecule has 0 saturated carbocycles. The number of carbonyl (C=O) groups is 2. The summed E-state index contributed by atoms with van der Waals surface area (Å²) < 4.78 is 6.25. The number of thiophene rings is 2. The summed E-state index contributed by atoms with van der Waals surface area (Å²) in [4.78, 5) is 31.6. The molecule has 3 heterocycles. The van der Waals surface area contributed by atoms with Crippen molar-refractivity contribution in [2.45, 2.75) is 32.6 Å². The Morgan fingerprint density at radius 1 is 1.08 bits per heavy atom. The third kappa shape index (κ3) is 4.96. The fourth-order valence-electron chi connectivity index (χ4n) is 4.68. The standard InChI is InChI=1S/C25H25Cl2N3O3S3/c1-2-33-24(32)19-15-5-3-4-6-17(15)36-22(19)28-25(34)30-11-9-29(10-12-30)23(31)21-20(27)16-8-7-14(26)13-18(16)35-21/h7-8,13H,2-6,9-12H2,1H3,(H,28,34). The molecule has 0 bridgehead atoms. The fourth-order valence-corrected chi connectivity index (χ4v) is 8.06. The molecule has 1 aliphatic carbocycles. The van der Waals surface area contributed by atoms with Crippen molar-refractivity contribution in [3.05, 3.63) is 49.1 Å². The number of esters is 1. The molecule has 1 saturated heterocycles. The van der Waals surface area contributed by atoms with E-state index >= 15 is 0 Å². The number of benzene rings is 1. The number of rotatable bonds is 4. The Balaban J connectivity index is 1.26. The van der Waals surface area contributed by atoms with E-state index in [0.717, 1.165) is 46.3 Å². The molecule has 0 unspecified atom stereocenters. The van der Waals surface area contributed by atoms with E-state index in [0.29, 0.717) is 58.4 Å². The topological polar surface area (TPSA) is 61.9 Å². The highest BCUT2D eigenvalue weighted by Crippen LogP contribution is 2.39. The van der Waals surface area contributed by atoms with Crippen LogP contribution in [-0.2, 0) is 17.6 Å². The number of piperazine rings is 1. The van der Waals surface area contributed by atoms with E-state index < -0.39 is 0 Å². The van der Waals surface area contributed by atoms with Crippen molar-refractivity contribution in [3.8, 4) is 0 Å². The van der Waals surface area contributed by atoms with E-state index in [2.05, 4.69) is 5.32 Å². The zero-order valence-electron chi connectivity index (χ0n) is 19.7. The van der Waals surface area contributed by atoms with Crippen LogP contribution in [0.2, 0.25) is 10.0 Å². The smallest absolute Gasteiger partial charge is 0.341 e. The van der Waals surface area contributed by atoms with Crippen LogP contribution in [0.3, 0.4) is 0 Å². The van der Waals surface area contributed by atoms with Crippen LogP contribution in [-0.4, -0.2) is 59.6 Å². The van der Waals surface area contributed by atoms with Crippen LogP contribution in [0.15, 0.2) is 18.2 Å². The minimum absolute atomic E-state index is 0.0774. The van der Waals surface area contributed by atoms with Crippen LogP contribution in [0.1, 0.15) is 50.2 Å². The summed E-state index contributed by atoms with van der Waals surface area (Å²) in [7, 11) is 0. The van der Waals surface area contributed by atoms with E-state index in [1.165, 1.54) is 16.2 Å². The lowest BCUT2D eigenvalue weighted by Crippen LogP contribution is -2.51. The number of nitrogens with zero attached hydrogens (tertiary/aromatic N) is 2.